The van der Waals surface area contributed by atoms with Gasteiger partial charge in [0.2, 0.25) is 11.8 Å². The summed E-state index contributed by atoms with van der Waals surface area (Å²) >= 11 is 12.3. The Bertz CT molecular complexity index is 1050. The minimum Gasteiger partial charge on any atom is -0.480 e. The molecule has 1 heterocycles. The number of ether oxygens (including phenoxy) is 1. The number of amides is 2. The van der Waals surface area contributed by atoms with Crippen molar-refractivity contribution in [3.05, 3.63) is 58.1 Å². The molecule has 1 aliphatic heterocycles. The number of hydrogen-bond donors (Lipinski definition) is 4. The minimum atomic E-state index is -1.06. The third kappa shape index (κ3) is 5.75. The molecule has 0 fully saturated rings. The number of benzene rings is 2. The van der Waals surface area contributed by atoms with Crippen molar-refractivity contribution < 1.29 is 24.2 Å². The summed E-state index contributed by atoms with van der Waals surface area (Å²) in [5.41, 5.74) is 2.52. The van der Waals surface area contributed by atoms with Crippen LogP contribution in [0.1, 0.15) is 12.0 Å². The molecule has 1 unspecified atom stereocenters. The zero-order chi connectivity index (χ0) is 22.5. The lowest BCUT2D eigenvalue weighted by Crippen LogP contribution is -2.33. The number of carbonyl (C=O) groups excluding carboxylic acids is 2. The molecule has 0 radical (unpaired) electrons. The normalized spacial score (nSPS) is 16.2. The summed E-state index contributed by atoms with van der Waals surface area (Å²) in [6, 6.07) is 8.71. The number of hydrogen-bond acceptors (Lipinski definition) is 5. The van der Waals surface area contributed by atoms with Gasteiger partial charge in [-0.05, 0) is 42.0 Å². The third-order valence-corrected chi connectivity index (χ3v) is 4.96. The first-order chi connectivity index (χ1) is 14.8. The van der Waals surface area contributed by atoms with Gasteiger partial charge in [0.25, 0.3) is 0 Å². The van der Waals surface area contributed by atoms with E-state index in [0.29, 0.717) is 38.2 Å². The van der Waals surface area contributed by atoms with E-state index in [4.69, 9.17) is 27.9 Å². The zero-order valence-corrected chi connectivity index (χ0v) is 17.9. The van der Waals surface area contributed by atoms with E-state index in [9.17, 15) is 19.5 Å². The van der Waals surface area contributed by atoms with E-state index in [1.165, 1.54) is 19.3 Å². The third-order valence-electron chi connectivity index (χ3n) is 4.44. The largest absolute Gasteiger partial charge is 0.480 e. The predicted octanol–water partition coefficient (Wildman–Crippen LogP) is 3.87. The lowest BCUT2D eigenvalue weighted by Gasteiger charge is -2.27. The van der Waals surface area contributed by atoms with Gasteiger partial charge in [-0.2, -0.15) is 0 Å². The van der Waals surface area contributed by atoms with Crippen molar-refractivity contribution in [1.29, 1.82) is 0 Å². The van der Waals surface area contributed by atoms with Gasteiger partial charge in [-0.15, -0.1) is 0 Å². The molecule has 31 heavy (non-hydrogen) atoms. The van der Waals surface area contributed by atoms with Gasteiger partial charge in [0.1, 0.15) is 12.6 Å². The molecule has 2 amide bonds. The van der Waals surface area contributed by atoms with Crippen molar-refractivity contribution in [1.82, 2.24) is 0 Å². The number of carboxylic acids is 1. The molecule has 0 saturated carbocycles. The van der Waals surface area contributed by atoms with Crippen LogP contribution in [0.2, 0.25) is 10.0 Å². The smallest absolute Gasteiger partial charge is 0.326 e. The Morgan fingerprint density at radius 3 is 2.42 bits per heavy atom. The second kappa shape index (κ2) is 9.82. The van der Waals surface area contributed by atoms with E-state index in [1.807, 2.05) is 0 Å². The summed E-state index contributed by atoms with van der Waals surface area (Å²) in [6.07, 6.45) is 1.39. The molecule has 0 saturated heterocycles. The van der Waals surface area contributed by atoms with Crippen molar-refractivity contribution in [3.8, 4) is 0 Å². The van der Waals surface area contributed by atoms with Crippen molar-refractivity contribution in [3.63, 3.8) is 0 Å². The van der Waals surface area contributed by atoms with E-state index in [0.717, 1.165) is 0 Å². The Kier molecular flexibility index (Phi) is 7.17. The molecular weight excluding hydrogens is 445 g/mol. The fourth-order valence-electron chi connectivity index (χ4n) is 3.16. The molecule has 2 aromatic carbocycles. The molecule has 3 rings (SSSR count). The van der Waals surface area contributed by atoms with Crippen molar-refractivity contribution >= 4 is 63.6 Å². The van der Waals surface area contributed by atoms with Crippen LogP contribution in [-0.4, -0.2) is 42.6 Å². The van der Waals surface area contributed by atoms with Gasteiger partial charge in [-0.25, -0.2) is 4.79 Å². The predicted molar refractivity (Wildman–Crippen MR) is 120 cm³/mol. The number of rotatable bonds is 6. The van der Waals surface area contributed by atoms with Gasteiger partial charge >= 0.3 is 5.97 Å². The van der Waals surface area contributed by atoms with E-state index < -0.39 is 17.9 Å². The molecule has 1 atom stereocenters. The lowest BCUT2D eigenvalue weighted by atomic mass is 9.92. The van der Waals surface area contributed by atoms with E-state index >= 15 is 0 Å². The van der Waals surface area contributed by atoms with Crippen LogP contribution in [0, 0.1) is 0 Å². The fourth-order valence-corrected chi connectivity index (χ4v) is 3.77. The van der Waals surface area contributed by atoms with Crippen LogP contribution in [0.3, 0.4) is 0 Å². The lowest BCUT2D eigenvalue weighted by molar-refractivity contribution is -0.137. The highest BCUT2D eigenvalue weighted by Gasteiger charge is 2.29. The first-order valence-corrected chi connectivity index (χ1v) is 9.91. The van der Waals surface area contributed by atoms with Crippen molar-refractivity contribution in [2.45, 2.75) is 12.5 Å². The Labute approximate surface area is 188 Å². The maximum absolute atomic E-state index is 12.6. The quantitative estimate of drug-likeness (QED) is 0.483. The van der Waals surface area contributed by atoms with Crippen LogP contribution in [0.5, 0.6) is 0 Å². The average molecular weight is 464 g/mol. The average Bonchev–Trinajstić information content (AvgIpc) is 2.68. The number of carbonyl (C=O) groups is 3. The van der Waals surface area contributed by atoms with Crippen LogP contribution in [0.4, 0.5) is 17.1 Å². The number of aliphatic carboxylic acids is 1. The van der Waals surface area contributed by atoms with Crippen molar-refractivity contribution in [2.24, 2.45) is 0 Å². The number of anilines is 3. The van der Waals surface area contributed by atoms with E-state index in [2.05, 4.69) is 16.0 Å². The van der Waals surface area contributed by atoms with Gasteiger partial charge in [0, 0.05) is 47.3 Å². The van der Waals surface area contributed by atoms with Gasteiger partial charge in [0.05, 0.1) is 5.02 Å². The van der Waals surface area contributed by atoms with Crippen LogP contribution < -0.4 is 16.0 Å². The van der Waals surface area contributed by atoms with Crippen LogP contribution in [0.15, 0.2) is 42.5 Å². The van der Waals surface area contributed by atoms with Crippen LogP contribution in [-0.2, 0) is 19.1 Å². The summed E-state index contributed by atoms with van der Waals surface area (Å²) in [6.45, 7) is -0.0620. The van der Waals surface area contributed by atoms with Crippen LogP contribution >= 0.6 is 23.2 Å². The topological polar surface area (TPSA) is 117 Å². The first kappa shape index (κ1) is 22.6. The monoisotopic (exact) mass is 463 g/mol. The molecule has 0 aromatic heterocycles. The standard InChI is InChI=1S/C21H19Cl2N3O5/c1-31-10-19(28)25-14-4-2-13(3-5-14)24-18(27)7-11-6-17(21(29)30)26-16-9-12(22)8-15(23)20(11)16/h2-5,7-9,17,26H,6,10H2,1H3,(H,24,27)(H,25,28)(H,29,30)/b11-7+. The first-order valence-electron chi connectivity index (χ1n) is 9.16. The molecule has 0 spiro atoms. The molecule has 1 aliphatic rings. The minimum absolute atomic E-state index is 0.0620. The SMILES string of the molecule is COCC(=O)Nc1ccc(NC(=O)/C=C2\CC(C(=O)O)Nc3cc(Cl)cc(Cl)c32)cc1. The maximum atomic E-state index is 12.6. The highest BCUT2D eigenvalue weighted by atomic mass is 35.5. The van der Waals surface area contributed by atoms with E-state index in [1.54, 1.807) is 30.3 Å². The molecule has 162 valence electrons. The summed E-state index contributed by atoms with van der Waals surface area (Å²) in [7, 11) is 1.42. The summed E-state index contributed by atoms with van der Waals surface area (Å²) < 4.78 is 4.75. The Morgan fingerprint density at radius 2 is 1.81 bits per heavy atom. The number of halogens is 2. The molecule has 10 heteroatoms. The summed E-state index contributed by atoms with van der Waals surface area (Å²) in [5.74, 6) is -1.80. The number of nitrogens with one attached hydrogen (secondary N) is 3. The van der Waals surface area contributed by atoms with Crippen molar-refractivity contribution in [2.75, 3.05) is 29.7 Å². The highest BCUT2D eigenvalue weighted by Crippen LogP contribution is 2.40. The van der Waals surface area contributed by atoms with Gasteiger partial charge in [-0.1, -0.05) is 23.2 Å². The summed E-state index contributed by atoms with van der Waals surface area (Å²) in [4.78, 5) is 35.6. The molecule has 2 aromatic rings. The number of carboxylic acid groups (broad SMARTS) is 1. The molecular formula is C21H19Cl2N3O5. The van der Waals surface area contributed by atoms with E-state index in [-0.39, 0.29) is 18.9 Å². The van der Waals surface area contributed by atoms with Gasteiger partial charge in [0.15, 0.2) is 0 Å². The second-order valence-electron chi connectivity index (χ2n) is 6.77. The molecule has 8 nitrogen and oxygen atoms in total. The Morgan fingerprint density at radius 1 is 1.16 bits per heavy atom. The highest BCUT2D eigenvalue weighted by molar-refractivity contribution is 6.36. The Hall–Kier alpha value is -3.07. The fraction of sp³-hybridized carbons (Fsp3) is 0.190. The van der Waals surface area contributed by atoms with Gasteiger partial charge in [-0.3, -0.25) is 9.59 Å². The zero-order valence-electron chi connectivity index (χ0n) is 16.4. The van der Waals surface area contributed by atoms with Crippen LogP contribution in [0.25, 0.3) is 5.57 Å². The molecule has 0 bridgehead atoms. The number of methoxy groups -OCH3 is 1. The number of fused-ring (bicyclic) bond motifs is 1. The maximum Gasteiger partial charge on any atom is 0.326 e. The second-order valence-corrected chi connectivity index (χ2v) is 7.61. The molecule has 4 N–H and O–H groups in total. The molecule has 0 aliphatic carbocycles. The Balaban J connectivity index is 1.79. The summed E-state index contributed by atoms with van der Waals surface area (Å²) in [5, 5.41) is 18.3. The van der Waals surface area contributed by atoms with Gasteiger partial charge < -0.3 is 25.8 Å².